The zero-order valence-electron chi connectivity index (χ0n) is 13.9. The molecule has 0 saturated carbocycles. The predicted octanol–water partition coefficient (Wildman–Crippen LogP) is 4.41. The summed E-state index contributed by atoms with van der Waals surface area (Å²) in [4.78, 5) is 11.1. The Morgan fingerprint density at radius 1 is 0.926 bits per heavy atom. The average molecular weight is 370 g/mol. The number of para-hydroxylation sites is 2. The molecule has 0 unspecified atom stereocenters. The molecule has 2 aromatic carbocycles. The third-order valence-electron chi connectivity index (χ3n) is 3.91. The summed E-state index contributed by atoms with van der Waals surface area (Å²) < 4.78 is 46.2. The summed E-state index contributed by atoms with van der Waals surface area (Å²) in [5, 5.41) is 0. The second kappa shape index (κ2) is 6.71. The number of imidazole rings is 1. The van der Waals surface area contributed by atoms with Gasteiger partial charge in [-0.15, -0.1) is 0 Å². The van der Waals surface area contributed by atoms with E-state index >= 15 is 0 Å². The van der Waals surface area contributed by atoms with Crippen molar-refractivity contribution in [2.75, 3.05) is 0 Å². The summed E-state index contributed by atoms with van der Waals surface area (Å²) in [5.41, 5.74) is 1.85. The van der Waals surface area contributed by atoms with Crippen molar-refractivity contribution < 1.29 is 17.9 Å². The molecule has 0 aliphatic carbocycles. The van der Waals surface area contributed by atoms with Crippen molar-refractivity contribution in [3.05, 3.63) is 78.5 Å². The summed E-state index contributed by atoms with van der Waals surface area (Å²) in [6.45, 7) is 0.327. The first-order chi connectivity index (χ1) is 13.0. The van der Waals surface area contributed by atoms with Crippen LogP contribution in [-0.4, -0.2) is 19.5 Å². The maximum atomic E-state index is 13.0. The first-order valence-electron chi connectivity index (χ1n) is 8.06. The number of hydrogen-bond donors (Lipinski definition) is 0. The van der Waals surface area contributed by atoms with Crippen molar-refractivity contribution in [3.8, 4) is 11.4 Å². The van der Waals surface area contributed by atoms with Crippen LogP contribution in [0.2, 0.25) is 0 Å². The van der Waals surface area contributed by atoms with Crippen LogP contribution in [0.4, 0.5) is 13.2 Å². The number of rotatable bonds is 4. The van der Waals surface area contributed by atoms with Crippen molar-refractivity contribution in [1.82, 2.24) is 19.5 Å². The minimum absolute atomic E-state index is 0.0630. The molecule has 27 heavy (non-hydrogen) atoms. The molecule has 0 atom stereocenters. The van der Waals surface area contributed by atoms with E-state index in [-0.39, 0.29) is 11.2 Å². The number of ether oxygens (including phenoxy) is 1. The van der Waals surface area contributed by atoms with Gasteiger partial charge in [0.05, 0.1) is 11.9 Å². The fourth-order valence-corrected chi connectivity index (χ4v) is 2.64. The van der Waals surface area contributed by atoms with Crippen molar-refractivity contribution in [1.29, 1.82) is 0 Å². The SMILES string of the molecule is FC(F)(F)c1ncc2ncn(-c3ccccc3OCc3ccccc3)c2n1. The second-order valence-electron chi connectivity index (χ2n) is 5.76. The lowest BCUT2D eigenvalue weighted by atomic mass is 10.2. The Balaban J connectivity index is 1.73. The summed E-state index contributed by atoms with van der Waals surface area (Å²) in [5.74, 6) is -0.702. The molecule has 0 saturated heterocycles. The molecule has 5 nitrogen and oxygen atoms in total. The van der Waals surface area contributed by atoms with Crippen LogP contribution in [0.15, 0.2) is 67.1 Å². The van der Waals surface area contributed by atoms with Crippen LogP contribution in [0.25, 0.3) is 16.9 Å². The highest BCUT2D eigenvalue weighted by atomic mass is 19.4. The Morgan fingerprint density at radius 3 is 2.44 bits per heavy atom. The monoisotopic (exact) mass is 370 g/mol. The maximum Gasteiger partial charge on any atom is 0.451 e. The fourth-order valence-electron chi connectivity index (χ4n) is 2.64. The van der Waals surface area contributed by atoms with E-state index in [0.717, 1.165) is 11.8 Å². The van der Waals surface area contributed by atoms with E-state index in [0.29, 0.717) is 18.0 Å². The highest BCUT2D eigenvalue weighted by molar-refractivity contribution is 5.73. The zero-order chi connectivity index (χ0) is 18.9. The summed E-state index contributed by atoms with van der Waals surface area (Å²) in [7, 11) is 0. The molecule has 136 valence electrons. The Labute approximate surface area is 152 Å². The van der Waals surface area contributed by atoms with E-state index in [4.69, 9.17) is 4.74 Å². The topological polar surface area (TPSA) is 52.8 Å². The highest BCUT2D eigenvalue weighted by Gasteiger charge is 2.35. The van der Waals surface area contributed by atoms with E-state index in [9.17, 15) is 13.2 Å². The number of halogens is 3. The van der Waals surface area contributed by atoms with Gasteiger partial charge >= 0.3 is 6.18 Å². The van der Waals surface area contributed by atoms with Crippen LogP contribution < -0.4 is 4.74 Å². The maximum absolute atomic E-state index is 13.0. The van der Waals surface area contributed by atoms with Gasteiger partial charge in [-0.3, -0.25) is 4.57 Å². The zero-order valence-corrected chi connectivity index (χ0v) is 13.9. The molecule has 8 heteroatoms. The minimum atomic E-state index is -4.63. The van der Waals surface area contributed by atoms with Gasteiger partial charge < -0.3 is 4.74 Å². The average Bonchev–Trinajstić information content (AvgIpc) is 3.10. The number of hydrogen-bond acceptors (Lipinski definition) is 4. The van der Waals surface area contributed by atoms with E-state index in [1.807, 2.05) is 30.3 Å². The van der Waals surface area contributed by atoms with Gasteiger partial charge in [-0.2, -0.15) is 13.2 Å². The molecule has 0 fully saturated rings. The predicted molar refractivity (Wildman–Crippen MR) is 92.4 cm³/mol. The number of alkyl halides is 3. The van der Waals surface area contributed by atoms with Crippen molar-refractivity contribution in [2.24, 2.45) is 0 Å². The molecular formula is C19H13F3N4O. The molecule has 2 heterocycles. The fraction of sp³-hybridized carbons (Fsp3) is 0.105. The van der Waals surface area contributed by atoms with Gasteiger partial charge in [0.25, 0.3) is 0 Å². The van der Waals surface area contributed by atoms with Gasteiger partial charge in [0.1, 0.15) is 24.2 Å². The summed E-state index contributed by atoms with van der Waals surface area (Å²) >= 11 is 0. The van der Waals surface area contributed by atoms with Crippen LogP contribution in [0.5, 0.6) is 5.75 Å². The normalized spacial score (nSPS) is 11.7. The lowest BCUT2D eigenvalue weighted by Crippen LogP contribution is -2.11. The lowest BCUT2D eigenvalue weighted by molar-refractivity contribution is -0.144. The molecule has 0 N–H and O–H groups in total. The Hall–Kier alpha value is -3.42. The van der Waals surface area contributed by atoms with E-state index in [1.165, 1.54) is 10.9 Å². The van der Waals surface area contributed by atoms with E-state index in [2.05, 4.69) is 15.0 Å². The first kappa shape index (κ1) is 17.0. The minimum Gasteiger partial charge on any atom is -0.487 e. The smallest absolute Gasteiger partial charge is 0.451 e. The molecule has 4 aromatic rings. The van der Waals surface area contributed by atoms with Gasteiger partial charge in [0.2, 0.25) is 5.82 Å². The van der Waals surface area contributed by atoms with Gasteiger partial charge in [0.15, 0.2) is 5.65 Å². The Bertz CT molecular complexity index is 1080. The number of nitrogens with zero attached hydrogens (tertiary/aromatic N) is 4. The molecular weight excluding hydrogens is 357 g/mol. The molecule has 4 rings (SSSR count). The number of fused-ring (bicyclic) bond motifs is 1. The number of aromatic nitrogens is 4. The molecule has 0 aliphatic heterocycles. The summed E-state index contributed by atoms with van der Waals surface area (Å²) in [6, 6.07) is 16.6. The Morgan fingerprint density at radius 2 is 1.67 bits per heavy atom. The van der Waals surface area contributed by atoms with Crippen molar-refractivity contribution in [2.45, 2.75) is 12.8 Å². The van der Waals surface area contributed by atoms with Crippen LogP contribution in [-0.2, 0) is 12.8 Å². The van der Waals surface area contributed by atoms with Crippen LogP contribution in [0, 0.1) is 0 Å². The lowest BCUT2D eigenvalue weighted by Gasteiger charge is -2.13. The molecule has 0 amide bonds. The van der Waals surface area contributed by atoms with Gasteiger partial charge in [-0.05, 0) is 17.7 Å². The third kappa shape index (κ3) is 3.46. The molecule has 0 radical (unpaired) electrons. The van der Waals surface area contributed by atoms with E-state index < -0.39 is 12.0 Å². The van der Waals surface area contributed by atoms with Gasteiger partial charge in [-0.1, -0.05) is 42.5 Å². The van der Waals surface area contributed by atoms with Gasteiger partial charge in [-0.25, -0.2) is 15.0 Å². The van der Waals surface area contributed by atoms with Crippen molar-refractivity contribution >= 4 is 11.2 Å². The van der Waals surface area contributed by atoms with Crippen LogP contribution in [0.1, 0.15) is 11.4 Å². The molecule has 0 aliphatic rings. The quantitative estimate of drug-likeness (QED) is 0.534. The molecule has 2 aromatic heterocycles. The van der Waals surface area contributed by atoms with Crippen LogP contribution in [0.3, 0.4) is 0 Å². The van der Waals surface area contributed by atoms with E-state index in [1.54, 1.807) is 24.3 Å². The largest absolute Gasteiger partial charge is 0.487 e. The standard InChI is InChI=1S/C19H13F3N4O/c20-19(21,22)18-23-10-14-17(25-18)26(12-24-14)15-8-4-5-9-16(15)27-11-13-6-2-1-3-7-13/h1-10,12H,11H2. The molecule has 0 bridgehead atoms. The highest BCUT2D eigenvalue weighted by Crippen LogP contribution is 2.29. The number of benzene rings is 2. The third-order valence-corrected chi connectivity index (χ3v) is 3.91. The van der Waals surface area contributed by atoms with Crippen LogP contribution >= 0.6 is 0 Å². The molecule has 0 spiro atoms. The Kier molecular flexibility index (Phi) is 4.23. The van der Waals surface area contributed by atoms with Crippen molar-refractivity contribution in [3.63, 3.8) is 0 Å². The van der Waals surface area contributed by atoms with Gasteiger partial charge in [0, 0.05) is 0 Å². The second-order valence-corrected chi connectivity index (χ2v) is 5.76. The first-order valence-corrected chi connectivity index (χ1v) is 8.06. The summed E-state index contributed by atoms with van der Waals surface area (Å²) in [6.07, 6.45) is -2.16.